The molecule has 0 heterocycles. The highest BCUT2D eigenvalue weighted by Crippen LogP contribution is 2.50. The molecule has 132 valence electrons. The molecule has 4 heteroatoms. The second-order valence-electron chi connectivity index (χ2n) is 5.85. The number of hydrogen-bond acceptors (Lipinski definition) is 3. The predicted octanol–water partition coefficient (Wildman–Crippen LogP) is 7.08. The lowest BCUT2D eigenvalue weighted by molar-refractivity contribution is 0.207. The average Bonchev–Trinajstić information content (AvgIpc) is 2.51. The molecule has 0 amide bonds. The Morgan fingerprint density at radius 1 is 0.727 bits per heavy atom. The summed E-state index contributed by atoms with van der Waals surface area (Å²) >= 11 is 0. The standard InChI is InChI=1S/C18H37O3P/c1-4-7-10-11-12-13-14-15-18-22(19,20-16-8-5-2)21-17-9-6-3/h15,18H,4-14,16-17H2,1-3H3/b18-15-. The first-order chi connectivity index (χ1) is 10.7. The van der Waals surface area contributed by atoms with Gasteiger partial charge in [0.25, 0.3) is 0 Å². The van der Waals surface area contributed by atoms with Gasteiger partial charge in [0.1, 0.15) is 0 Å². The minimum Gasteiger partial charge on any atom is -0.306 e. The Morgan fingerprint density at radius 3 is 1.77 bits per heavy atom. The van der Waals surface area contributed by atoms with E-state index in [1.165, 1.54) is 32.1 Å². The lowest BCUT2D eigenvalue weighted by Gasteiger charge is -2.15. The molecule has 0 radical (unpaired) electrons. The smallest absolute Gasteiger partial charge is 0.306 e. The molecule has 0 aromatic carbocycles. The van der Waals surface area contributed by atoms with Gasteiger partial charge in [0.2, 0.25) is 0 Å². The van der Waals surface area contributed by atoms with E-state index < -0.39 is 7.60 Å². The summed E-state index contributed by atoms with van der Waals surface area (Å²) in [6, 6.07) is 0. The second kappa shape index (κ2) is 15.8. The largest absolute Gasteiger partial charge is 0.353 e. The highest BCUT2D eigenvalue weighted by Gasteiger charge is 2.19. The maximum atomic E-state index is 12.6. The van der Waals surface area contributed by atoms with Gasteiger partial charge in [-0.3, -0.25) is 4.57 Å². The van der Waals surface area contributed by atoms with E-state index in [1.54, 1.807) is 5.82 Å². The molecule has 22 heavy (non-hydrogen) atoms. The van der Waals surface area contributed by atoms with Crippen molar-refractivity contribution < 1.29 is 13.6 Å². The van der Waals surface area contributed by atoms with E-state index in [0.717, 1.165) is 38.5 Å². The fourth-order valence-electron chi connectivity index (χ4n) is 2.04. The van der Waals surface area contributed by atoms with Crippen LogP contribution in [0, 0.1) is 0 Å². The van der Waals surface area contributed by atoms with Crippen LogP contribution in [0.15, 0.2) is 11.9 Å². The summed E-state index contributed by atoms with van der Waals surface area (Å²) in [5.41, 5.74) is 0. The summed E-state index contributed by atoms with van der Waals surface area (Å²) in [6.07, 6.45) is 14.5. The van der Waals surface area contributed by atoms with Crippen LogP contribution in [0.4, 0.5) is 0 Å². The Bertz CT molecular complexity index is 289. The fourth-order valence-corrected chi connectivity index (χ4v) is 3.46. The van der Waals surface area contributed by atoms with Crippen LogP contribution in [0.25, 0.3) is 0 Å². The number of allylic oxidation sites excluding steroid dienone is 1. The zero-order chi connectivity index (χ0) is 16.5. The van der Waals surface area contributed by atoms with Gasteiger partial charge in [0, 0.05) is 5.82 Å². The molecule has 3 nitrogen and oxygen atoms in total. The molecule has 0 spiro atoms. The Morgan fingerprint density at radius 2 is 1.23 bits per heavy atom. The van der Waals surface area contributed by atoms with E-state index in [4.69, 9.17) is 9.05 Å². The van der Waals surface area contributed by atoms with Crippen molar-refractivity contribution in [3.05, 3.63) is 11.9 Å². The fraction of sp³-hybridized carbons (Fsp3) is 0.889. The van der Waals surface area contributed by atoms with Crippen LogP contribution in [-0.2, 0) is 13.6 Å². The molecule has 0 saturated carbocycles. The molecule has 0 aromatic heterocycles. The minimum absolute atomic E-state index is 0.515. The third-order valence-electron chi connectivity index (χ3n) is 3.55. The summed E-state index contributed by atoms with van der Waals surface area (Å²) in [4.78, 5) is 0. The summed E-state index contributed by atoms with van der Waals surface area (Å²) < 4.78 is 23.7. The van der Waals surface area contributed by atoms with Gasteiger partial charge in [-0.05, 0) is 25.7 Å². The molecule has 0 saturated heterocycles. The first kappa shape index (κ1) is 21.9. The normalized spacial score (nSPS) is 12.3. The molecule has 0 aliphatic carbocycles. The molecule has 0 rings (SSSR count). The maximum Gasteiger partial charge on any atom is 0.353 e. The summed E-state index contributed by atoms with van der Waals surface area (Å²) in [5, 5.41) is 0. The van der Waals surface area contributed by atoms with Crippen molar-refractivity contribution in [2.45, 2.75) is 91.4 Å². The van der Waals surface area contributed by atoms with Crippen molar-refractivity contribution >= 4 is 7.60 Å². The molecular formula is C18H37O3P. The third-order valence-corrected chi connectivity index (χ3v) is 5.21. The molecule has 0 aliphatic rings. The van der Waals surface area contributed by atoms with Gasteiger partial charge in [-0.1, -0.05) is 71.8 Å². The Labute approximate surface area is 138 Å². The van der Waals surface area contributed by atoms with Crippen LogP contribution in [0.1, 0.15) is 91.4 Å². The Hall–Kier alpha value is -0.110. The maximum absolute atomic E-state index is 12.6. The SMILES string of the molecule is CCCCCCCC/C=C\P(=O)(OCCCC)OCCCC. The number of rotatable bonds is 16. The van der Waals surface area contributed by atoms with Crippen LogP contribution in [0.2, 0.25) is 0 Å². The van der Waals surface area contributed by atoms with Gasteiger partial charge in [-0.15, -0.1) is 0 Å². The predicted molar refractivity (Wildman–Crippen MR) is 96.5 cm³/mol. The molecule has 0 aliphatic heterocycles. The summed E-state index contributed by atoms with van der Waals surface area (Å²) in [6.45, 7) is 7.46. The summed E-state index contributed by atoms with van der Waals surface area (Å²) in [5.74, 6) is 1.68. The molecule has 0 unspecified atom stereocenters. The van der Waals surface area contributed by atoms with Crippen molar-refractivity contribution in [3.8, 4) is 0 Å². The van der Waals surface area contributed by atoms with E-state index in [-0.39, 0.29) is 0 Å². The average molecular weight is 332 g/mol. The van der Waals surface area contributed by atoms with Crippen LogP contribution in [0.3, 0.4) is 0 Å². The van der Waals surface area contributed by atoms with Crippen molar-refractivity contribution in [3.63, 3.8) is 0 Å². The van der Waals surface area contributed by atoms with Gasteiger partial charge >= 0.3 is 7.60 Å². The molecule has 0 aromatic rings. The quantitative estimate of drug-likeness (QED) is 0.224. The second-order valence-corrected chi connectivity index (χ2v) is 7.75. The first-order valence-corrected chi connectivity index (χ1v) is 10.9. The number of unbranched alkanes of at least 4 members (excludes halogenated alkanes) is 8. The van der Waals surface area contributed by atoms with Crippen molar-refractivity contribution in [2.75, 3.05) is 13.2 Å². The van der Waals surface area contributed by atoms with Crippen LogP contribution < -0.4 is 0 Å². The minimum atomic E-state index is -3.03. The Kier molecular flexibility index (Phi) is 15.7. The lowest BCUT2D eigenvalue weighted by atomic mass is 10.1. The van der Waals surface area contributed by atoms with Crippen molar-refractivity contribution in [1.29, 1.82) is 0 Å². The van der Waals surface area contributed by atoms with Crippen LogP contribution >= 0.6 is 7.60 Å². The molecule has 0 N–H and O–H groups in total. The molecular weight excluding hydrogens is 295 g/mol. The third kappa shape index (κ3) is 13.5. The van der Waals surface area contributed by atoms with E-state index in [1.807, 2.05) is 6.08 Å². The zero-order valence-electron chi connectivity index (χ0n) is 15.0. The molecule has 0 fully saturated rings. The molecule has 0 bridgehead atoms. The van der Waals surface area contributed by atoms with Crippen LogP contribution in [-0.4, -0.2) is 13.2 Å². The molecule has 0 atom stereocenters. The van der Waals surface area contributed by atoms with E-state index >= 15 is 0 Å². The van der Waals surface area contributed by atoms with Crippen molar-refractivity contribution in [1.82, 2.24) is 0 Å². The lowest BCUT2D eigenvalue weighted by Crippen LogP contribution is -1.97. The topological polar surface area (TPSA) is 35.5 Å². The van der Waals surface area contributed by atoms with E-state index in [2.05, 4.69) is 20.8 Å². The van der Waals surface area contributed by atoms with Gasteiger partial charge in [0.15, 0.2) is 0 Å². The van der Waals surface area contributed by atoms with E-state index in [0.29, 0.717) is 13.2 Å². The highest BCUT2D eigenvalue weighted by molar-refractivity contribution is 7.57. The van der Waals surface area contributed by atoms with Gasteiger partial charge in [-0.2, -0.15) is 0 Å². The number of hydrogen-bond donors (Lipinski definition) is 0. The van der Waals surface area contributed by atoms with Gasteiger partial charge in [-0.25, -0.2) is 0 Å². The Balaban J connectivity index is 4.02. The van der Waals surface area contributed by atoms with Gasteiger partial charge in [0.05, 0.1) is 13.2 Å². The first-order valence-electron chi connectivity index (χ1n) is 9.25. The van der Waals surface area contributed by atoms with Crippen LogP contribution in [0.5, 0.6) is 0 Å². The summed E-state index contributed by atoms with van der Waals surface area (Å²) in [7, 11) is -3.03. The van der Waals surface area contributed by atoms with E-state index in [9.17, 15) is 4.57 Å². The highest BCUT2D eigenvalue weighted by atomic mass is 31.2. The van der Waals surface area contributed by atoms with Crippen molar-refractivity contribution in [2.24, 2.45) is 0 Å². The monoisotopic (exact) mass is 332 g/mol. The zero-order valence-corrected chi connectivity index (χ0v) is 15.9. The van der Waals surface area contributed by atoms with Gasteiger partial charge < -0.3 is 9.05 Å².